The summed E-state index contributed by atoms with van der Waals surface area (Å²) >= 11 is 0. The molecule has 0 saturated carbocycles. The number of fused-ring (bicyclic) bond motifs is 4. The van der Waals surface area contributed by atoms with Gasteiger partial charge in [-0.15, -0.1) is 0 Å². The van der Waals surface area contributed by atoms with Crippen molar-refractivity contribution in [1.29, 1.82) is 0 Å². The lowest BCUT2D eigenvalue weighted by molar-refractivity contribution is -0.152. The van der Waals surface area contributed by atoms with Gasteiger partial charge in [0.1, 0.15) is 5.70 Å². The molecule has 2 saturated heterocycles. The van der Waals surface area contributed by atoms with E-state index in [-0.39, 0.29) is 52.1 Å². The highest BCUT2D eigenvalue weighted by molar-refractivity contribution is 6.26. The molecule has 0 spiro atoms. The van der Waals surface area contributed by atoms with Crippen molar-refractivity contribution in [3.8, 4) is 0 Å². The van der Waals surface area contributed by atoms with Crippen LogP contribution in [0.4, 0.5) is 0 Å². The molecule has 7 heteroatoms. The van der Waals surface area contributed by atoms with Crippen LogP contribution in [0.5, 0.6) is 0 Å². The molecule has 0 radical (unpaired) electrons. The number of methoxy groups -OCH3 is 1. The monoisotopic (exact) mass is 346 g/mol. The zero-order valence-electron chi connectivity index (χ0n) is 15.0. The van der Waals surface area contributed by atoms with Crippen molar-refractivity contribution in [1.82, 2.24) is 9.80 Å². The Hall–Kier alpha value is -1.96. The summed E-state index contributed by atoms with van der Waals surface area (Å²) in [4.78, 5) is 29.4. The fourth-order valence-corrected chi connectivity index (χ4v) is 4.50. The van der Waals surface area contributed by atoms with Gasteiger partial charge in [-0.05, 0) is 27.8 Å². The predicted octanol–water partition coefficient (Wildman–Crippen LogP) is 0.320. The quantitative estimate of drug-likeness (QED) is 0.582. The second-order valence-corrected chi connectivity index (χ2v) is 7.29. The van der Waals surface area contributed by atoms with E-state index in [0.717, 1.165) is 0 Å². The Morgan fingerprint density at radius 3 is 2.48 bits per heavy atom. The molecule has 134 valence electrons. The van der Waals surface area contributed by atoms with E-state index in [1.165, 1.54) is 7.11 Å². The standard InChI is InChI=1S/C18H22N2O5/c1-7(2)25-17-12-16(19(12)5)18(23)9(4)10-11(20(17)18)13(21)8(3)15(24-6)14(10)22/h7,12,16-17,23H,4H2,1-3,5-6H3/t12-,16+,17+,18-,19?/m1/s1. The Kier molecular flexibility index (Phi) is 3.18. The Morgan fingerprint density at radius 1 is 1.28 bits per heavy atom. The first-order valence-corrected chi connectivity index (χ1v) is 8.35. The third-order valence-electron chi connectivity index (χ3n) is 5.64. The Morgan fingerprint density at radius 2 is 1.92 bits per heavy atom. The molecule has 4 rings (SSSR count). The Labute approximate surface area is 146 Å². The zero-order chi connectivity index (χ0) is 18.4. The minimum absolute atomic E-state index is 0.0108. The number of carbonyl (C=O) groups is 2. The minimum Gasteiger partial charge on any atom is -0.492 e. The topological polar surface area (TPSA) is 79.1 Å². The van der Waals surface area contributed by atoms with Gasteiger partial charge in [-0.3, -0.25) is 14.5 Å². The number of ether oxygens (including phenoxy) is 2. The summed E-state index contributed by atoms with van der Waals surface area (Å²) in [6.07, 6.45) is -0.613. The Balaban J connectivity index is 1.87. The molecular formula is C18H22N2O5. The summed E-state index contributed by atoms with van der Waals surface area (Å²) in [6, 6.07) is -0.310. The lowest BCUT2D eigenvalue weighted by Gasteiger charge is -2.39. The van der Waals surface area contributed by atoms with Gasteiger partial charge in [0.15, 0.2) is 17.7 Å². The third kappa shape index (κ3) is 1.71. The number of likely N-dealkylation sites (N-methyl/N-ethyl adjacent to an activating group) is 1. The van der Waals surface area contributed by atoms with Gasteiger partial charge in [0.2, 0.25) is 11.6 Å². The maximum atomic E-state index is 13.0. The van der Waals surface area contributed by atoms with E-state index in [9.17, 15) is 14.7 Å². The number of nitrogens with zero attached hydrogens (tertiary/aromatic N) is 2. The number of hydrogen-bond acceptors (Lipinski definition) is 7. The van der Waals surface area contributed by atoms with E-state index < -0.39 is 17.7 Å². The molecule has 3 aliphatic heterocycles. The molecule has 0 aromatic carbocycles. The lowest BCUT2D eigenvalue weighted by Crippen LogP contribution is -2.53. The van der Waals surface area contributed by atoms with Gasteiger partial charge < -0.3 is 19.5 Å². The van der Waals surface area contributed by atoms with Crippen molar-refractivity contribution in [2.45, 2.75) is 50.9 Å². The molecule has 1 unspecified atom stereocenters. The molecule has 2 fully saturated rings. The number of allylic oxidation sites excluding steroid dienone is 2. The largest absolute Gasteiger partial charge is 0.492 e. The van der Waals surface area contributed by atoms with Crippen molar-refractivity contribution in [2.24, 2.45) is 0 Å². The maximum Gasteiger partial charge on any atom is 0.230 e. The first-order chi connectivity index (χ1) is 11.7. The molecule has 0 bridgehead atoms. The van der Waals surface area contributed by atoms with Crippen molar-refractivity contribution in [3.63, 3.8) is 0 Å². The summed E-state index contributed by atoms with van der Waals surface area (Å²) < 4.78 is 11.2. The summed E-state index contributed by atoms with van der Waals surface area (Å²) in [7, 11) is 3.25. The van der Waals surface area contributed by atoms with E-state index in [4.69, 9.17) is 9.47 Å². The number of ketones is 2. The molecule has 0 amide bonds. The van der Waals surface area contributed by atoms with Gasteiger partial charge >= 0.3 is 0 Å². The van der Waals surface area contributed by atoms with Gasteiger partial charge in [-0.2, -0.15) is 0 Å². The van der Waals surface area contributed by atoms with Crippen LogP contribution < -0.4 is 0 Å². The third-order valence-corrected chi connectivity index (χ3v) is 5.64. The van der Waals surface area contributed by atoms with Crippen LogP contribution >= 0.6 is 0 Å². The van der Waals surface area contributed by atoms with Crippen LogP contribution in [-0.4, -0.2) is 70.8 Å². The SMILES string of the molecule is C=C1C2=C(C(=O)C(C)=C(OC)C2=O)N2[C@@H](OC(C)C)[C@H]3[C@H](N3C)[C@]12O. The van der Waals surface area contributed by atoms with Crippen molar-refractivity contribution in [3.05, 3.63) is 34.8 Å². The maximum absolute atomic E-state index is 13.0. The second-order valence-electron chi connectivity index (χ2n) is 7.29. The van der Waals surface area contributed by atoms with E-state index in [0.29, 0.717) is 0 Å². The fourth-order valence-electron chi connectivity index (χ4n) is 4.50. The summed E-state index contributed by atoms with van der Waals surface area (Å²) in [6.45, 7) is 9.33. The first kappa shape index (κ1) is 16.5. The molecule has 0 aromatic rings. The lowest BCUT2D eigenvalue weighted by atomic mass is 9.88. The van der Waals surface area contributed by atoms with Crippen LogP contribution in [0.15, 0.2) is 34.8 Å². The molecule has 25 heavy (non-hydrogen) atoms. The number of rotatable bonds is 3. The van der Waals surface area contributed by atoms with E-state index in [2.05, 4.69) is 6.58 Å². The number of aliphatic hydroxyl groups is 1. The van der Waals surface area contributed by atoms with Crippen LogP contribution in [0.2, 0.25) is 0 Å². The van der Waals surface area contributed by atoms with Crippen LogP contribution in [0, 0.1) is 0 Å². The Bertz CT molecular complexity index is 795. The van der Waals surface area contributed by atoms with Crippen LogP contribution in [0.1, 0.15) is 20.8 Å². The molecular weight excluding hydrogens is 324 g/mol. The van der Waals surface area contributed by atoms with Crippen LogP contribution in [0.25, 0.3) is 0 Å². The molecule has 1 aliphatic carbocycles. The zero-order valence-corrected chi connectivity index (χ0v) is 15.0. The molecule has 4 aliphatic rings. The number of carbonyl (C=O) groups excluding carboxylic acids is 2. The summed E-state index contributed by atoms with van der Waals surface area (Å²) in [5, 5.41) is 11.5. The normalized spacial score (nSPS) is 39.3. The van der Waals surface area contributed by atoms with Gasteiger partial charge in [0.25, 0.3) is 0 Å². The van der Waals surface area contributed by atoms with Gasteiger partial charge in [-0.1, -0.05) is 6.58 Å². The minimum atomic E-state index is -1.52. The average Bonchev–Trinajstić information content (AvgIpc) is 3.05. The summed E-state index contributed by atoms with van der Waals surface area (Å²) in [5.74, 6) is -0.730. The number of hydrogen-bond donors (Lipinski definition) is 1. The molecule has 5 atom stereocenters. The molecule has 1 N–H and O–H groups in total. The fraction of sp³-hybridized carbons (Fsp3) is 0.556. The highest BCUT2D eigenvalue weighted by atomic mass is 16.5. The van der Waals surface area contributed by atoms with E-state index in [1.807, 2.05) is 25.8 Å². The van der Waals surface area contributed by atoms with Crippen LogP contribution in [-0.2, 0) is 19.1 Å². The highest BCUT2D eigenvalue weighted by Crippen LogP contribution is 2.59. The number of Topliss-reactive ketones (excluding diaryl/α,β-unsaturated/α-hetero) is 2. The van der Waals surface area contributed by atoms with Crippen molar-refractivity contribution in [2.75, 3.05) is 14.2 Å². The van der Waals surface area contributed by atoms with Crippen molar-refractivity contribution >= 4 is 11.6 Å². The number of piperazine rings is 1. The second kappa shape index (κ2) is 4.81. The first-order valence-electron chi connectivity index (χ1n) is 8.35. The van der Waals surface area contributed by atoms with Gasteiger partial charge in [0.05, 0.1) is 30.9 Å². The average molecular weight is 346 g/mol. The van der Waals surface area contributed by atoms with Gasteiger partial charge in [0, 0.05) is 11.1 Å². The van der Waals surface area contributed by atoms with Crippen LogP contribution in [0.3, 0.4) is 0 Å². The highest BCUT2D eigenvalue weighted by Gasteiger charge is 2.77. The predicted molar refractivity (Wildman–Crippen MR) is 88.0 cm³/mol. The molecule has 3 heterocycles. The van der Waals surface area contributed by atoms with E-state index in [1.54, 1.807) is 11.8 Å². The van der Waals surface area contributed by atoms with Gasteiger partial charge in [-0.25, -0.2) is 0 Å². The smallest absolute Gasteiger partial charge is 0.230 e. The van der Waals surface area contributed by atoms with Crippen molar-refractivity contribution < 1.29 is 24.2 Å². The van der Waals surface area contributed by atoms with E-state index >= 15 is 0 Å². The molecule has 7 nitrogen and oxygen atoms in total. The molecule has 0 aromatic heterocycles. The summed E-state index contributed by atoms with van der Waals surface area (Å²) in [5.41, 5.74) is -0.705.